The van der Waals surface area contributed by atoms with Gasteiger partial charge in [0.05, 0.1) is 5.41 Å². The van der Waals surface area contributed by atoms with Gasteiger partial charge in [0.15, 0.2) is 0 Å². The maximum atomic E-state index is 12.2. The lowest BCUT2D eigenvalue weighted by Crippen LogP contribution is -2.59. The lowest BCUT2D eigenvalue weighted by atomic mass is 9.37. The van der Waals surface area contributed by atoms with Gasteiger partial charge in [-0.1, -0.05) is 77.0 Å². The Labute approximate surface area is 195 Å². The molecule has 0 aromatic carbocycles. The van der Waals surface area contributed by atoms with Crippen LogP contribution < -0.4 is 0 Å². The average Bonchev–Trinajstić information content (AvgIpc) is 2.69. The van der Waals surface area contributed by atoms with Crippen molar-refractivity contribution < 1.29 is 9.90 Å². The fourth-order valence-corrected chi connectivity index (χ4v) is 9.47. The average molecular weight is 437 g/mol. The summed E-state index contributed by atoms with van der Waals surface area (Å²) in [5.41, 5.74) is 3.70. The Hall–Kier alpha value is -1.31. The number of carboxylic acids is 1. The van der Waals surface area contributed by atoms with Crippen LogP contribution in [0.15, 0.2) is 35.5 Å². The summed E-state index contributed by atoms with van der Waals surface area (Å²) in [6.45, 7) is 17.0. The molecule has 0 aromatic heterocycles. The van der Waals surface area contributed by atoms with E-state index in [1.165, 1.54) is 25.7 Å². The third-order valence-electron chi connectivity index (χ3n) is 12.0. The van der Waals surface area contributed by atoms with Gasteiger partial charge in [-0.3, -0.25) is 4.79 Å². The van der Waals surface area contributed by atoms with Crippen LogP contribution in [0.5, 0.6) is 0 Å². The Morgan fingerprint density at radius 2 is 1.59 bits per heavy atom. The third-order valence-corrected chi connectivity index (χ3v) is 12.0. The van der Waals surface area contributed by atoms with Gasteiger partial charge < -0.3 is 5.11 Å². The van der Waals surface area contributed by atoms with E-state index in [1.807, 2.05) is 6.92 Å². The number of carbonyl (C=O) groups is 1. The highest BCUT2D eigenvalue weighted by atomic mass is 16.4. The number of hydrogen-bond donors (Lipinski definition) is 1. The molecule has 2 nitrogen and oxygen atoms in total. The van der Waals surface area contributed by atoms with E-state index in [9.17, 15) is 9.90 Å². The predicted octanol–water partition coefficient (Wildman–Crippen LogP) is 7.96. The molecule has 0 spiro atoms. The predicted molar refractivity (Wildman–Crippen MR) is 131 cm³/mol. The molecule has 3 saturated carbocycles. The molecule has 0 amide bonds. The fourth-order valence-electron chi connectivity index (χ4n) is 9.47. The van der Waals surface area contributed by atoms with Crippen LogP contribution in [-0.2, 0) is 4.79 Å². The maximum Gasteiger partial charge on any atom is 0.309 e. The first-order chi connectivity index (χ1) is 14.7. The van der Waals surface area contributed by atoms with Crippen molar-refractivity contribution >= 4 is 5.97 Å². The summed E-state index contributed by atoms with van der Waals surface area (Å²) in [6.07, 6.45) is 18.8. The van der Waals surface area contributed by atoms with Crippen LogP contribution in [0, 0.1) is 44.3 Å². The van der Waals surface area contributed by atoms with Crippen LogP contribution in [0.1, 0.15) is 99.8 Å². The minimum absolute atomic E-state index is 0.136. The van der Waals surface area contributed by atoms with Crippen LogP contribution in [0.3, 0.4) is 0 Å². The molecule has 176 valence electrons. The lowest BCUT2D eigenvalue weighted by molar-refractivity contribution is -0.154. The Morgan fingerprint density at radius 1 is 0.906 bits per heavy atom. The quantitative estimate of drug-likeness (QED) is 0.423. The lowest BCUT2D eigenvalue weighted by Gasteiger charge is -2.67. The van der Waals surface area contributed by atoms with Crippen LogP contribution in [0.25, 0.3) is 0 Å². The molecule has 32 heavy (non-hydrogen) atoms. The summed E-state index contributed by atoms with van der Waals surface area (Å²) >= 11 is 0. The summed E-state index contributed by atoms with van der Waals surface area (Å²) in [5, 5.41) is 10.0. The highest BCUT2D eigenvalue weighted by molar-refractivity contribution is 5.74. The first-order valence-electron chi connectivity index (χ1n) is 13.1. The molecule has 3 fully saturated rings. The second-order valence-corrected chi connectivity index (χ2v) is 14.1. The molecule has 0 bridgehead atoms. The molecule has 7 atom stereocenters. The van der Waals surface area contributed by atoms with Gasteiger partial charge in [0.1, 0.15) is 0 Å². The summed E-state index contributed by atoms with van der Waals surface area (Å²) < 4.78 is 0. The van der Waals surface area contributed by atoms with Crippen molar-refractivity contribution in [1.29, 1.82) is 0 Å². The van der Waals surface area contributed by atoms with E-state index in [0.29, 0.717) is 11.8 Å². The molecular formula is C30H44O2. The van der Waals surface area contributed by atoms with Crippen molar-refractivity contribution in [3.63, 3.8) is 0 Å². The summed E-state index contributed by atoms with van der Waals surface area (Å²) in [5.74, 6) is 0.477. The zero-order valence-electron chi connectivity index (χ0n) is 21.5. The second kappa shape index (κ2) is 6.42. The second-order valence-electron chi connectivity index (χ2n) is 14.1. The minimum Gasteiger partial charge on any atom is -0.481 e. The number of aliphatic carboxylic acids is 1. The molecule has 5 aliphatic carbocycles. The van der Waals surface area contributed by atoms with Gasteiger partial charge in [-0.15, -0.1) is 0 Å². The van der Waals surface area contributed by atoms with Crippen molar-refractivity contribution in [2.45, 2.75) is 99.8 Å². The topological polar surface area (TPSA) is 37.3 Å². The standard InChI is InChI=1S/C30H44O2/c1-25(2)12-8-13-28(5)22(25)11-14-30(7)23(28)10-9-20-21-19-27(4,24(31)32)16-15-26(21,3)17-18-29(20,30)6/h8-10,12,21-22H,11,13-19H2,1-7H3,(H,31,32)/t21?,22?,26-,27+,28+,29-,30-/m1/s1. The minimum atomic E-state index is -0.602. The number of allylic oxidation sites excluding steroid dienone is 6. The van der Waals surface area contributed by atoms with Gasteiger partial charge in [0, 0.05) is 0 Å². The third kappa shape index (κ3) is 2.62. The van der Waals surface area contributed by atoms with Gasteiger partial charge in [0.2, 0.25) is 0 Å². The van der Waals surface area contributed by atoms with Crippen molar-refractivity contribution in [2.24, 2.45) is 44.3 Å². The monoisotopic (exact) mass is 436 g/mol. The Kier molecular flexibility index (Phi) is 4.51. The van der Waals surface area contributed by atoms with Crippen LogP contribution in [0.2, 0.25) is 0 Å². The molecule has 2 unspecified atom stereocenters. The molecule has 0 radical (unpaired) electrons. The first-order valence-corrected chi connectivity index (χ1v) is 13.1. The van der Waals surface area contributed by atoms with E-state index < -0.39 is 11.4 Å². The van der Waals surface area contributed by atoms with Crippen molar-refractivity contribution in [1.82, 2.24) is 0 Å². The fraction of sp³-hybridized carbons (Fsp3) is 0.767. The molecular weight excluding hydrogens is 392 g/mol. The van der Waals surface area contributed by atoms with Crippen molar-refractivity contribution in [2.75, 3.05) is 0 Å². The molecule has 0 heterocycles. The Morgan fingerprint density at radius 3 is 2.28 bits per heavy atom. The van der Waals surface area contributed by atoms with Gasteiger partial charge in [-0.2, -0.15) is 0 Å². The molecule has 0 aromatic rings. The van der Waals surface area contributed by atoms with E-state index in [2.05, 4.69) is 65.8 Å². The molecule has 1 N–H and O–H groups in total. The van der Waals surface area contributed by atoms with E-state index >= 15 is 0 Å². The van der Waals surface area contributed by atoms with E-state index in [-0.39, 0.29) is 27.1 Å². The van der Waals surface area contributed by atoms with Crippen LogP contribution in [-0.4, -0.2) is 11.1 Å². The molecule has 5 aliphatic rings. The number of fused-ring (bicyclic) bond motifs is 7. The van der Waals surface area contributed by atoms with Crippen LogP contribution in [0.4, 0.5) is 0 Å². The smallest absolute Gasteiger partial charge is 0.309 e. The Balaban J connectivity index is 1.63. The van der Waals surface area contributed by atoms with E-state index in [1.54, 1.807) is 11.1 Å². The SMILES string of the molecule is CC1(C)C=CC[C@]2(C)C3=CC=C4C5C[C@@](C)(C(=O)O)CC[C@]5(C)CC[C@@]4(C)[C@]3(C)CCC12. The summed E-state index contributed by atoms with van der Waals surface area (Å²) in [7, 11) is 0. The zero-order valence-corrected chi connectivity index (χ0v) is 21.5. The van der Waals surface area contributed by atoms with Crippen molar-refractivity contribution in [3.8, 4) is 0 Å². The zero-order chi connectivity index (χ0) is 23.4. The highest BCUT2D eigenvalue weighted by Gasteiger charge is 2.65. The molecule has 2 heteroatoms. The normalized spacial score (nSPS) is 51.3. The van der Waals surface area contributed by atoms with Crippen LogP contribution >= 0.6 is 0 Å². The van der Waals surface area contributed by atoms with E-state index in [0.717, 1.165) is 25.7 Å². The van der Waals surface area contributed by atoms with Gasteiger partial charge >= 0.3 is 5.97 Å². The molecule has 0 saturated heterocycles. The van der Waals surface area contributed by atoms with Gasteiger partial charge in [0.25, 0.3) is 0 Å². The number of hydrogen-bond acceptors (Lipinski definition) is 1. The largest absolute Gasteiger partial charge is 0.481 e. The first kappa shape index (κ1) is 22.5. The van der Waals surface area contributed by atoms with Gasteiger partial charge in [-0.25, -0.2) is 0 Å². The maximum absolute atomic E-state index is 12.2. The number of rotatable bonds is 1. The summed E-state index contributed by atoms with van der Waals surface area (Å²) in [6, 6.07) is 0. The van der Waals surface area contributed by atoms with Crippen molar-refractivity contribution in [3.05, 3.63) is 35.5 Å². The molecule has 5 rings (SSSR count). The molecule has 0 aliphatic heterocycles. The van der Waals surface area contributed by atoms with Gasteiger partial charge in [-0.05, 0) is 97.2 Å². The number of carboxylic acid groups (broad SMARTS) is 1. The highest BCUT2D eigenvalue weighted by Crippen LogP contribution is 2.74. The Bertz CT molecular complexity index is 952. The summed E-state index contributed by atoms with van der Waals surface area (Å²) in [4.78, 5) is 12.2. The van der Waals surface area contributed by atoms with E-state index in [4.69, 9.17) is 0 Å².